The molecule has 0 aliphatic heterocycles. The average Bonchev–Trinajstić information content (AvgIpc) is 3.13. The first-order valence-corrected chi connectivity index (χ1v) is 13.8. The first-order valence-electron chi connectivity index (χ1n) is 11.5. The van der Waals surface area contributed by atoms with Crippen molar-refractivity contribution in [2.75, 3.05) is 17.1 Å². The van der Waals surface area contributed by atoms with Gasteiger partial charge in [0.05, 0.1) is 17.7 Å². The van der Waals surface area contributed by atoms with Crippen molar-refractivity contribution in [1.82, 2.24) is 4.98 Å². The molecular weight excluding hydrogens is 498 g/mol. The maximum absolute atomic E-state index is 13.4. The lowest BCUT2D eigenvalue weighted by atomic mass is 9.96. The smallest absolute Gasteiger partial charge is 0.265 e. The molecule has 8 nitrogen and oxygen atoms in total. The molecule has 0 bridgehead atoms. The second-order valence-electron chi connectivity index (χ2n) is 10.0. The number of rotatable bonds is 8. The first kappa shape index (κ1) is 27.5. The third kappa shape index (κ3) is 6.36. The summed E-state index contributed by atoms with van der Waals surface area (Å²) in [6, 6.07) is 9.12. The lowest BCUT2D eigenvalue weighted by Crippen LogP contribution is -2.27. The molecule has 2 aromatic carbocycles. The van der Waals surface area contributed by atoms with Crippen LogP contribution in [0.5, 0.6) is 11.5 Å². The van der Waals surface area contributed by atoms with Crippen molar-refractivity contribution < 1.29 is 23.1 Å². The molecule has 0 saturated carbocycles. The normalized spacial score (nSPS) is 12.0. The topological polar surface area (TPSA) is 118 Å². The van der Waals surface area contributed by atoms with Crippen LogP contribution in [0.4, 0.5) is 10.8 Å². The maximum Gasteiger partial charge on any atom is 0.265 e. The molecule has 0 aliphatic rings. The highest BCUT2D eigenvalue weighted by atomic mass is 32.2. The molecular formula is C26H33N3O5S2. The molecule has 0 atom stereocenters. The summed E-state index contributed by atoms with van der Waals surface area (Å²) in [6.07, 6.45) is 0.693. The van der Waals surface area contributed by atoms with E-state index in [9.17, 15) is 18.3 Å². The van der Waals surface area contributed by atoms with Crippen molar-refractivity contribution >= 4 is 38.1 Å². The van der Waals surface area contributed by atoms with E-state index in [4.69, 9.17) is 4.74 Å². The molecule has 0 unspecified atom stereocenters. The van der Waals surface area contributed by atoms with Crippen molar-refractivity contribution in [1.29, 1.82) is 0 Å². The van der Waals surface area contributed by atoms with E-state index in [0.29, 0.717) is 28.9 Å². The Morgan fingerprint density at radius 2 is 1.81 bits per heavy atom. The number of hydrogen-bond acceptors (Lipinski definition) is 7. The van der Waals surface area contributed by atoms with Gasteiger partial charge in [-0.25, -0.2) is 13.4 Å². The second-order valence-corrected chi connectivity index (χ2v) is 12.7. The van der Waals surface area contributed by atoms with Crippen LogP contribution in [0.25, 0.3) is 10.4 Å². The summed E-state index contributed by atoms with van der Waals surface area (Å²) in [7, 11) is -2.59. The third-order valence-electron chi connectivity index (χ3n) is 5.37. The summed E-state index contributed by atoms with van der Waals surface area (Å²) in [4.78, 5) is 17.8. The number of methoxy groups -OCH3 is 1. The van der Waals surface area contributed by atoms with Crippen molar-refractivity contribution in [3.8, 4) is 21.9 Å². The molecule has 194 valence electrons. The highest BCUT2D eigenvalue weighted by Crippen LogP contribution is 2.40. The molecule has 0 radical (unpaired) electrons. The fourth-order valence-corrected chi connectivity index (χ4v) is 5.77. The SMILES string of the molecule is COc1cc(CC(C)C)c(-c2sc(NC(=O)C(C)(C)C)nc2C)cc1S(=O)(=O)Nc1ccc(O)cc1. The van der Waals surface area contributed by atoms with Crippen LogP contribution in [0.15, 0.2) is 41.3 Å². The number of anilines is 2. The summed E-state index contributed by atoms with van der Waals surface area (Å²) in [5, 5.41) is 12.8. The number of nitrogens with zero attached hydrogens (tertiary/aromatic N) is 1. The van der Waals surface area contributed by atoms with Crippen molar-refractivity contribution in [2.45, 2.75) is 52.9 Å². The van der Waals surface area contributed by atoms with E-state index in [1.807, 2.05) is 27.7 Å². The summed E-state index contributed by atoms with van der Waals surface area (Å²) >= 11 is 1.31. The fraction of sp³-hybridized carbons (Fsp3) is 0.385. The standard InChI is InChI=1S/C26H33N3O5S2/c1-15(2)12-17-13-21(34-7)22(36(32,33)29-18-8-10-19(30)11-9-18)14-20(17)23-16(3)27-25(35-23)28-24(31)26(4,5)6/h8-11,13-15,29-30H,12H2,1-7H3,(H,27,28,31). The Hall–Kier alpha value is -3.11. The number of aryl methyl sites for hydroxylation is 1. The van der Waals surface area contributed by atoms with Gasteiger partial charge in [-0.2, -0.15) is 0 Å². The second kappa shape index (κ2) is 10.5. The number of thiazole rings is 1. The predicted molar refractivity (Wildman–Crippen MR) is 144 cm³/mol. The summed E-state index contributed by atoms with van der Waals surface area (Å²) in [5.74, 6) is 0.413. The predicted octanol–water partition coefficient (Wildman–Crippen LogP) is 5.82. The minimum absolute atomic E-state index is 0.0198. The number of phenols is 1. The number of hydrogen-bond donors (Lipinski definition) is 3. The number of phenolic OH excluding ortho intramolecular Hbond substituents is 1. The summed E-state index contributed by atoms with van der Waals surface area (Å²) in [6.45, 7) is 11.5. The van der Waals surface area contributed by atoms with Gasteiger partial charge in [-0.1, -0.05) is 46.0 Å². The maximum atomic E-state index is 13.4. The van der Waals surface area contributed by atoms with Gasteiger partial charge in [0.2, 0.25) is 5.91 Å². The van der Waals surface area contributed by atoms with Gasteiger partial charge in [-0.15, -0.1) is 0 Å². The Kier molecular flexibility index (Phi) is 8.00. The van der Waals surface area contributed by atoms with Crippen LogP contribution in [0.1, 0.15) is 45.9 Å². The molecule has 10 heteroatoms. The van der Waals surface area contributed by atoms with Crippen LogP contribution in [-0.2, 0) is 21.2 Å². The molecule has 1 heterocycles. The minimum atomic E-state index is -4.03. The van der Waals surface area contributed by atoms with Crippen LogP contribution in [0, 0.1) is 18.3 Å². The lowest BCUT2D eigenvalue weighted by molar-refractivity contribution is -0.123. The molecule has 1 aromatic heterocycles. The van der Waals surface area contributed by atoms with Crippen LogP contribution in [0.3, 0.4) is 0 Å². The number of sulfonamides is 1. The van der Waals surface area contributed by atoms with Gasteiger partial charge in [0.25, 0.3) is 10.0 Å². The van der Waals surface area contributed by atoms with E-state index in [1.165, 1.54) is 42.7 Å². The quantitative estimate of drug-likeness (QED) is 0.316. The van der Waals surface area contributed by atoms with E-state index in [2.05, 4.69) is 28.9 Å². The Labute approximate surface area is 216 Å². The Bertz CT molecular complexity index is 1360. The summed E-state index contributed by atoms with van der Waals surface area (Å²) < 4.78 is 34.9. The van der Waals surface area contributed by atoms with E-state index in [0.717, 1.165) is 16.0 Å². The van der Waals surface area contributed by atoms with Gasteiger partial charge in [-0.3, -0.25) is 9.52 Å². The number of benzene rings is 2. The molecule has 0 spiro atoms. The summed E-state index contributed by atoms with van der Waals surface area (Å²) in [5.41, 5.74) is 2.06. The number of nitrogens with one attached hydrogen (secondary N) is 2. The van der Waals surface area contributed by atoms with Crippen LogP contribution < -0.4 is 14.8 Å². The zero-order valence-corrected chi connectivity index (χ0v) is 23.2. The highest BCUT2D eigenvalue weighted by Gasteiger charge is 2.26. The lowest BCUT2D eigenvalue weighted by Gasteiger charge is -2.18. The van der Waals surface area contributed by atoms with Crippen molar-refractivity contribution in [2.24, 2.45) is 11.3 Å². The minimum Gasteiger partial charge on any atom is -0.508 e. The van der Waals surface area contributed by atoms with Gasteiger partial charge in [0, 0.05) is 11.1 Å². The van der Waals surface area contributed by atoms with E-state index in [-0.39, 0.29) is 22.3 Å². The Morgan fingerprint density at radius 1 is 1.17 bits per heavy atom. The van der Waals surface area contributed by atoms with Crippen LogP contribution in [0.2, 0.25) is 0 Å². The molecule has 1 amide bonds. The molecule has 3 aromatic rings. The monoisotopic (exact) mass is 531 g/mol. The molecule has 0 saturated heterocycles. The van der Waals surface area contributed by atoms with Gasteiger partial charge >= 0.3 is 0 Å². The zero-order valence-electron chi connectivity index (χ0n) is 21.6. The average molecular weight is 532 g/mol. The fourth-order valence-electron chi connectivity index (χ4n) is 3.52. The van der Waals surface area contributed by atoms with Gasteiger partial charge in [-0.05, 0) is 66.8 Å². The Balaban J connectivity index is 2.13. The number of amides is 1. The van der Waals surface area contributed by atoms with E-state index < -0.39 is 15.4 Å². The van der Waals surface area contributed by atoms with Gasteiger partial charge in [0.1, 0.15) is 16.4 Å². The van der Waals surface area contributed by atoms with Gasteiger partial charge in [0.15, 0.2) is 5.13 Å². The first-order chi connectivity index (χ1) is 16.7. The number of carbonyl (C=O) groups excluding carboxylic acids is 1. The van der Waals surface area contributed by atoms with Crippen LogP contribution in [-0.4, -0.2) is 31.5 Å². The van der Waals surface area contributed by atoms with Crippen molar-refractivity contribution in [3.05, 3.63) is 47.7 Å². The number of aromatic hydroxyl groups is 1. The largest absolute Gasteiger partial charge is 0.508 e. The van der Waals surface area contributed by atoms with E-state index >= 15 is 0 Å². The van der Waals surface area contributed by atoms with Gasteiger partial charge < -0.3 is 15.2 Å². The molecule has 3 N–H and O–H groups in total. The van der Waals surface area contributed by atoms with Crippen molar-refractivity contribution in [3.63, 3.8) is 0 Å². The molecule has 3 rings (SSSR count). The number of carbonyl (C=O) groups is 1. The zero-order chi connectivity index (χ0) is 26.8. The molecule has 36 heavy (non-hydrogen) atoms. The van der Waals surface area contributed by atoms with Crippen LogP contribution >= 0.6 is 11.3 Å². The third-order valence-corrected chi connectivity index (χ3v) is 7.88. The number of ether oxygens (including phenoxy) is 1. The highest BCUT2D eigenvalue weighted by molar-refractivity contribution is 7.92. The number of aromatic nitrogens is 1. The van der Waals surface area contributed by atoms with E-state index in [1.54, 1.807) is 12.1 Å². The Morgan fingerprint density at radius 3 is 2.36 bits per heavy atom. The molecule has 0 fully saturated rings. The molecule has 0 aliphatic carbocycles.